The van der Waals surface area contributed by atoms with Gasteiger partial charge < -0.3 is 24.4 Å². The van der Waals surface area contributed by atoms with Crippen molar-refractivity contribution in [1.82, 2.24) is 4.90 Å². The summed E-state index contributed by atoms with van der Waals surface area (Å²) in [5, 5.41) is 12.5. The number of benzene rings is 6. The van der Waals surface area contributed by atoms with Crippen LogP contribution in [0.2, 0.25) is 0 Å². The lowest BCUT2D eigenvalue weighted by Gasteiger charge is -2.40. The summed E-state index contributed by atoms with van der Waals surface area (Å²) in [4.78, 5) is 50.1. The third-order valence-electron chi connectivity index (χ3n) is 14.1. The molecule has 1 fully saturated rings. The highest BCUT2D eigenvalue weighted by atomic mass is 16.5. The number of anilines is 3. The molecule has 10 rings (SSSR count). The average molecular weight is 812 g/mol. The summed E-state index contributed by atoms with van der Waals surface area (Å²) in [5.74, 6) is -0.493. The molecule has 4 aliphatic rings. The molecule has 1 spiro atoms. The van der Waals surface area contributed by atoms with Gasteiger partial charge in [0.05, 0.1) is 55.8 Å². The number of nitrogens with zero attached hydrogens (tertiary/aromatic N) is 3. The van der Waals surface area contributed by atoms with Gasteiger partial charge >= 0.3 is 0 Å². The van der Waals surface area contributed by atoms with E-state index in [0.29, 0.717) is 42.0 Å². The van der Waals surface area contributed by atoms with Crippen LogP contribution in [-0.2, 0) is 44.9 Å². The molecule has 1 saturated heterocycles. The minimum atomic E-state index is -1.49. The van der Waals surface area contributed by atoms with Crippen molar-refractivity contribution in [3.8, 4) is 5.75 Å². The van der Waals surface area contributed by atoms with Crippen molar-refractivity contribution < 1.29 is 29.0 Å². The number of hydrogen-bond acceptors (Lipinski definition) is 6. The van der Waals surface area contributed by atoms with Crippen LogP contribution in [0.15, 0.2) is 133 Å². The van der Waals surface area contributed by atoms with Gasteiger partial charge in [-0.05, 0) is 81.9 Å². The van der Waals surface area contributed by atoms with Gasteiger partial charge in [0.1, 0.15) is 5.75 Å². The number of carbonyl (C=O) groups excluding carboxylic acids is 3. The number of carbonyl (C=O) groups is 3. The number of amides is 3. The average Bonchev–Trinajstić information content (AvgIpc) is 3.84. The molecule has 61 heavy (non-hydrogen) atoms. The minimum Gasteiger partial charge on any atom is -0.497 e. The number of fused-ring (bicyclic) bond motifs is 3. The largest absolute Gasteiger partial charge is 0.497 e. The van der Waals surface area contributed by atoms with Gasteiger partial charge in [-0.2, -0.15) is 0 Å². The zero-order valence-corrected chi connectivity index (χ0v) is 34.9. The Labute approximate surface area is 356 Å². The van der Waals surface area contributed by atoms with Crippen LogP contribution in [0.3, 0.4) is 0 Å². The van der Waals surface area contributed by atoms with Gasteiger partial charge in [-0.15, -0.1) is 0 Å². The van der Waals surface area contributed by atoms with Gasteiger partial charge in [0.15, 0.2) is 5.60 Å². The van der Waals surface area contributed by atoms with Crippen LogP contribution in [-0.4, -0.2) is 53.6 Å². The highest BCUT2D eigenvalue weighted by molar-refractivity contribution is 6.28. The van der Waals surface area contributed by atoms with Crippen molar-refractivity contribution in [2.24, 2.45) is 11.8 Å². The van der Waals surface area contributed by atoms with Crippen LogP contribution in [0.25, 0.3) is 10.8 Å². The molecule has 4 aliphatic heterocycles. The SMILES string of the molecule is COc1ccc(C(C)(C)[C@H]2[C@H](CC(=O)N3Cc4ccccc4C[C@H]3CO)O[C@@]3(C(=O)N(Cc4ccccc4)c4ccc(N5C(=O)c6cccc7cccc5c67)cc43)[C@@H]2C)cc1. The van der Waals surface area contributed by atoms with E-state index in [0.717, 1.165) is 44.5 Å². The van der Waals surface area contributed by atoms with Crippen LogP contribution < -0.4 is 14.5 Å². The van der Waals surface area contributed by atoms with Gasteiger partial charge in [-0.25, -0.2) is 0 Å². The maximum atomic E-state index is 15.7. The fourth-order valence-corrected chi connectivity index (χ4v) is 11.1. The Balaban J connectivity index is 1.11. The molecule has 0 unspecified atom stereocenters. The first-order valence-corrected chi connectivity index (χ1v) is 21.2. The maximum Gasteiger partial charge on any atom is 0.264 e. The molecule has 6 aromatic carbocycles. The van der Waals surface area contributed by atoms with Crippen LogP contribution in [0.1, 0.15) is 65.4 Å². The lowest BCUT2D eigenvalue weighted by atomic mass is 9.63. The molecule has 3 amide bonds. The Morgan fingerprint density at radius 1 is 0.852 bits per heavy atom. The second-order valence-corrected chi connectivity index (χ2v) is 17.6. The van der Waals surface area contributed by atoms with E-state index < -0.39 is 23.0 Å². The summed E-state index contributed by atoms with van der Waals surface area (Å²) in [7, 11) is 1.64. The molecular weight excluding hydrogens is 763 g/mol. The molecule has 9 nitrogen and oxygen atoms in total. The van der Waals surface area contributed by atoms with E-state index in [9.17, 15) is 14.7 Å². The Bertz CT molecular complexity index is 2710. The maximum absolute atomic E-state index is 15.7. The molecule has 6 aromatic rings. The van der Waals surface area contributed by atoms with Crippen molar-refractivity contribution in [2.75, 3.05) is 23.5 Å². The van der Waals surface area contributed by atoms with Crippen LogP contribution >= 0.6 is 0 Å². The zero-order valence-electron chi connectivity index (χ0n) is 34.9. The first kappa shape index (κ1) is 38.9. The summed E-state index contributed by atoms with van der Waals surface area (Å²) in [6, 6.07) is 43.2. The molecule has 5 atom stereocenters. The Morgan fingerprint density at radius 3 is 2.31 bits per heavy atom. The van der Waals surface area contributed by atoms with Gasteiger partial charge in [0.25, 0.3) is 11.8 Å². The molecule has 0 radical (unpaired) electrons. The van der Waals surface area contributed by atoms with Gasteiger partial charge in [-0.3, -0.25) is 19.3 Å². The molecule has 0 aromatic heterocycles. The third-order valence-corrected chi connectivity index (χ3v) is 14.1. The van der Waals surface area contributed by atoms with E-state index in [1.807, 2.05) is 120 Å². The van der Waals surface area contributed by atoms with Crippen LogP contribution in [0.5, 0.6) is 5.75 Å². The topological polar surface area (TPSA) is 99.6 Å². The van der Waals surface area contributed by atoms with Crippen molar-refractivity contribution >= 4 is 45.6 Å². The third kappa shape index (κ3) is 6.00. The van der Waals surface area contributed by atoms with Crippen LogP contribution in [0, 0.1) is 11.8 Å². The Morgan fingerprint density at radius 2 is 1.57 bits per heavy atom. The molecule has 1 N–H and O–H groups in total. The number of hydrogen-bond donors (Lipinski definition) is 1. The minimum absolute atomic E-state index is 0.0118. The first-order chi connectivity index (χ1) is 29.5. The van der Waals surface area contributed by atoms with E-state index in [2.05, 4.69) is 39.0 Å². The molecule has 0 aliphatic carbocycles. The molecule has 9 heteroatoms. The van der Waals surface area contributed by atoms with Crippen molar-refractivity contribution in [3.05, 3.63) is 167 Å². The van der Waals surface area contributed by atoms with E-state index >= 15 is 4.79 Å². The smallest absolute Gasteiger partial charge is 0.264 e. The highest BCUT2D eigenvalue weighted by Crippen LogP contribution is 2.61. The van der Waals surface area contributed by atoms with E-state index in [1.54, 1.807) is 16.9 Å². The predicted octanol–water partition coefficient (Wildman–Crippen LogP) is 8.85. The van der Waals surface area contributed by atoms with Crippen molar-refractivity contribution in [1.29, 1.82) is 0 Å². The fourth-order valence-electron chi connectivity index (χ4n) is 11.1. The van der Waals surface area contributed by atoms with E-state index in [1.165, 1.54) is 0 Å². The Kier molecular flexibility index (Phi) is 9.38. The number of ether oxygens (including phenoxy) is 2. The molecule has 0 saturated carbocycles. The normalized spacial score (nSPS) is 22.9. The number of methoxy groups -OCH3 is 1. The summed E-state index contributed by atoms with van der Waals surface area (Å²) in [5.41, 5.74) is 5.55. The lowest BCUT2D eigenvalue weighted by molar-refractivity contribution is -0.151. The second kappa shape index (κ2) is 14.7. The summed E-state index contributed by atoms with van der Waals surface area (Å²) < 4.78 is 13.0. The first-order valence-electron chi connectivity index (χ1n) is 21.2. The van der Waals surface area contributed by atoms with Gasteiger partial charge in [-0.1, -0.05) is 112 Å². The van der Waals surface area contributed by atoms with Crippen molar-refractivity contribution in [3.63, 3.8) is 0 Å². The summed E-state index contributed by atoms with van der Waals surface area (Å²) in [6.45, 7) is 6.97. The molecule has 4 heterocycles. The highest BCUT2D eigenvalue weighted by Gasteiger charge is 2.66. The predicted molar refractivity (Wildman–Crippen MR) is 236 cm³/mol. The quantitative estimate of drug-likeness (QED) is 0.157. The van der Waals surface area contributed by atoms with Gasteiger partial charge in [0.2, 0.25) is 5.91 Å². The van der Waals surface area contributed by atoms with E-state index in [-0.39, 0.29) is 42.7 Å². The van der Waals surface area contributed by atoms with Gasteiger partial charge in [0, 0.05) is 35.0 Å². The number of aliphatic hydroxyl groups is 1. The monoisotopic (exact) mass is 811 g/mol. The standard InChI is InChI=1S/C52H49N3O6/c1-32-48(51(2,3)37-20-23-40(60-4)24-21-37)45(28-46(57)53-30-36-15-9-8-14-35(36)26-39(53)31-56)61-52(32)42-27-38(22-25-43(42)54(50(52)59)29-33-12-6-5-7-13-33)55-44-19-11-17-34-16-10-18-41(47(34)44)49(55)58/h5-25,27,32,39,45,48,56H,26,28-31H2,1-4H3/t32-,39+,45+,48-,52+/m1/s1. The number of rotatable bonds is 9. The Hall–Kier alpha value is -6.29. The van der Waals surface area contributed by atoms with Crippen LogP contribution in [0.4, 0.5) is 17.1 Å². The summed E-state index contributed by atoms with van der Waals surface area (Å²) in [6.07, 6.45) is -0.126. The lowest BCUT2D eigenvalue weighted by Crippen LogP contribution is -2.48. The molecule has 308 valence electrons. The molecular formula is C52H49N3O6. The molecule has 0 bridgehead atoms. The second-order valence-electron chi connectivity index (χ2n) is 17.6. The fraction of sp³-hybridized carbons (Fsp3) is 0.288. The van der Waals surface area contributed by atoms with Crippen molar-refractivity contribution in [2.45, 2.75) is 69.9 Å². The zero-order chi connectivity index (χ0) is 42.2. The summed E-state index contributed by atoms with van der Waals surface area (Å²) >= 11 is 0. The van der Waals surface area contributed by atoms with E-state index in [4.69, 9.17) is 9.47 Å². The number of aliphatic hydroxyl groups excluding tert-OH is 1.